The Morgan fingerprint density at radius 1 is 1.12 bits per heavy atom. The number of hydrogen-bond donors (Lipinski definition) is 1. The molecule has 182 valence electrons. The first-order chi connectivity index (χ1) is 15.9. The van der Waals surface area contributed by atoms with Crippen LogP contribution in [-0.4, -0.2) is 49.2 Å². The van der Waals surface area contributed by atoms with Crippen molar-refractivity contribution in [2.24, 2.45) is 17.6 Å². The number of pyridine rings is 1. The first-order valence-electron chi connectivity index (χ1n) is 12.2. The average molecular weight is 480 g/mol. The van der Waals surface area contributed by atoms with E-state index in [-0.39, 0.29) is 22.7 Å². The van der Waals surface area contributed by atoms with E-state index in [1.807, 2.05) is 42.3 Å². The van der Waals surface area contributed by atoms with Crippen LogP contribution in [0.25, 0.3) is 0 Å². The summed E-state index contributed by atoms with van der Waals surface area (Å²) in [6.45, 7) is 11.4. The minimum atomic E-state index is -1.79. The van der Waals surface area contributed by atoms with Gasteiger partial charge in [0.1, 0.15) is 5.69 Å². The van der Waals surface area contributed by atoms with Gasteiger partial charge < -0.3 is 15.1 Å². The quantitative estimate of drug-likeness (QED) is 0.586. The van der Waals surface area contributed by atoms with Crippen molar-refractivity contribution in [3.8, 4) is 0 Å². The summed E-state index contributed by atoms with van der Waals surface area (Å²) in [6, 6.07) is 13.3. The SMILES string of the molecule is CN(C(=O)c1cc(C(N)=O)cc(Cc2ccccc2)n1)C1[C@H]2CC(O[Si](C)(C)C(C)(C)C)C[C@@H]12. The van der Waals surface area contributed by atoms with Gasteiger partial charge in [-0.15, -0.1) is 0 Å². The van der Waals surface area contributed by atoms with Gasteiger partial charge in [-0.05, 0) is 60.5 Å². The van der Waals surface area contributed by atoms with Gasteiger partial charge in [-0.2, -0.15) is 0 Å². The summed E-state index contributed by atoms with van der Waals surface area (Å²) in [5, 5.41) is 0.195. The molecule has 0 bridgehead atoms. The highest BCUT2D eigenvalue weighted by Crippen LogP contribution is 2.56. The molecule has 1 aromatic carbocycles. The minimum Gasteiger partial charge on any atom is -0.414 e. The predicted octanol–water partition coefficient (Wildman–Crippen LogP) is 4.64. The monoisotopic (exact) mass is 479 g/mol. The zero-order valence-corrected chi connectivity index (χ0v) is 22.2. The number of benzene rings is 1. The Labute approximate surface area is 204 Å². The molecule has 0 saturated heterocycles. The van der Waals surface area contributed by atoms with E-state index >= 15 is 0 Å². The van der Waals surface area contributed by atoms with Crippen LogP contribution in [0.2, 0.25) is 18.1 Å². The summed E-state index contributed by atoms with van der Waals surface area (Å²) in [7, 11) is 0.0590. The van der Waals surface area contributed by atoms with Crippen LogP contribution in [0.4, 0.5) is 0 Å². The molecule has 0 radical (unpaired) electrons. The molecule has 1 aromatic heterocycles. The number of hydrogen-bond acceptors (Lipinski definition) is 4. The molecule has 6 nitrogen and oxygen atoms in total. The molecule has 0 aliphatic heterocycles. The number of amides is 2. The lowest BCUT2D eigenvalue weighted by Gasteiger charge is -2.39. The van der Waals surface area contributed by atoms with E-state index in [1.54, 1.807) is 6.07 Å². The summed E-state index contributed by atoms with van der Waals surface area (Å²) >= 11 is 0. The van der Waals surface area contributed by atoms with Crippen molar-refractivity contribution < 1.29 is 14.0 Å². The Kier molecular flexibility index (Phi) is 6.46. The Hall–Kier alpha value is -2.51. The van der Waals surface area contributed by atoms with Crippen LogP contribution in [0.1, 0.15) is 65.7 Å². The molecule has 2 amide bonds. The van der Waals surface area contributed by atoms with Gasteiger partial charge in [0.05, 0.1) is 0 Å². The zero-order valence-electron chi connectivity index (χ0n) is 21.2. The molecule has 2 aliphatic carbocycles. The molecule has 4 rings (SSSR count). The van der Waals surface area contributed by atoms with Gasteiger partial charge in [0, 0.05) is 36.9 Å². The van der Waals surface area contributed by atoms with Crippen molar-refractivity contribution in [1.82, 2.24) is 9.88 Å². The van der Waals surface area contributed by atoms with E-state index in [2.05, 4.69) is 38.8 Å². The maximum Gasteiger partial charge on any atom is 0.272 e. The number of rotatable bonds is 7. The van der Waals surface area contributed by atoms with Gasteiger partial charge in [0.25, 0.3) is 5.91 Å². The van der Waals surface area contributed by atoms with Crippen LogP contribution in [0, 0.1) is 11.8 Å². The summed E-state index contributed by atoms with van der Waals surface area (Å²) in [6.07, 6.45) is 2.85. The van der Waals surface area contributed by atoms with E-state index in [0.29, 0.717) is 35.6 Å². The molecular weight excluding hydrogens is 442 g/mol. The fourth-order valence-electron chi connectivity index (χ4n) is 5.07. The zero-order chi connectivity index (χ0) is 24.8. The normalized spacial score (nSPS) is 23.9. The van der Waals surface area contributed by atoms with Gasteiger partial charge in [-0.1, -0.05) is 51.1 Å². The van der Waals surface area contributed by atoms with E-state index in [9.17, 15) is 9.59 Å². The van der Waals surface area contributed by atoms with Gasteiger partial charge in [-0.25, -0.2) is 4.98 Å². The van der Waals surface area contributed by atoms with Crippen molar-refractivity contribution in [1.29, 1.82) is 0 Å². The number of aromatic nitrogens is 1. The summed E-state index contributed by atoms with van der Waals surface area (Å²) < 4.78 is 6.62. The Morgan fingerprint density at radius 3 is 2.29 bits per heavy atom. The third-order valence-electron chi connectivity index (χ3n) is 8.00. The number of fused-ring (bicyclic) bond motifs is 1. The lowest BCUT2D eigenvalue weighted by molar-refractivity contribution is 0.0740. The molecule has 1 heterocycles. The van der Waals surface area contributed by atoms with E-state index in [1.165, 1.54) is 6.07 Å². The van der Waals surface area contributed by atoms with E-state index in [4.69, 9.17) is 10.2 Å². The first-order valence-corrected chi connectivity index (χ1v) is 15.1. The molecule has 2 aliphatic rings. The van der Waals surface area contributed by atoms with Gasteiger partial charge in [-0.3, -0.25) is 9.59 Å². The highest BCUT2D eigenvalue weighted by Gasteiger charge is 2.60. The third kappa shape index (κ3) is 4.96. The summed E-state index contributed by atoms with van der Waals surface area (Å²) in [5.41, 5.74) is 7.89. The summed E-state index contributed by atoms with van der Waals surface area (Å²) in [5.74, 6) is 0.250. The molecule has 2 aromatic rings. The molecular formula is C27H37N3O3Si. The molecule has 4 atom stereocenters. The number of nitrogens with zero attached hydrogens (tertiary/aromatic N) is 2. The first kappa shape index (κ1) is 24.6. The molecule has 34 heavy (non-hydrogen) atoms. The molecule has 0 spiro atoms. The van der Waals surface area contributed by atoms with Crippen molar-refractivity contribution in [3.63, 3.8) is 0 Å². The van der Waals surface area contributed by atoms with E-state index in [0.717, 1.165) is 18.4 Å². The number of carbonyl (C=O) groups is 2. The van der Waals surface area contributed by atoms with Crippen molar-refractivity contribution in [3.05, 3.63) is 65.0 Å². The summed E-state index contributed by atoms with van der Waals surface area (Å²) in [4.78, 5) is 31.7. The van der Waals surface area contributed by atoms with Gasteiger partial charge >= 0.3 is 0 Å². The van der Waals surface area contributed by atoms with Crippen LogP contribution in [-0.2, 0) is 10.8 Å². The highest BCUT2D eigenvalue weighted by molar-refractivity contribution is 6.74. The van der Waals surface area contributed by atoms with Crippen LogP contribution in [0.15, 0.2) is 42.5 Å². The topological polar surface area (TPSA) is 85.5 Å². The minimum absolute atomic E-state index is 0.154. The van der Waals surface area contributed by atoms with Crippen LogP contribution in [0.5, 0.6) is 0 Å². The molecule has 2 fully saturated rings. The number of primary amides is 1. The Morgan fingerprint density at radius 2 is 1.74 bits per heavy atom. The largest absolute Gasteiger partial charge is 0.414 e. The lowest BCUT2D eigenvalue weighted by Crippen LogP contribution is -2.44. The maximum absolute atomic E-state index is 13.4. The average Bonchev–Trinajstić information content (AvgIpc) is 3.26. The molecule has 2 N–H and O–H groups in total. The smallest absolute Gasteiger partial charge is 0.272 e. The second-order valence-corrected chi connectivity index (χ2v) is 16.2. The van der Waals surface area contributed by atoms with Crippen LogP contribution in [0.3, 0.4) is 0 Å². The second kappa shape index (κ2) is 8.93. The van der Waals surface area contributed by atoms with E-state index < -0.39 is 14.2 Å². The standard InChI is InChI=1S/C27H37N3O3Si/c1-27(2,3)34(5,6)33-20-15-21-22(16-20)24(21)30(4)26(32)23-14-18(25(28)31)13-19(29-23)12-17-10-8-7-9-11-17/h7-11,13-14,20-22,24H,12,15-16H2,1-6H3,(H2,28,31)/t20?,21-,22+,24?. The van der Waals surface area contributed by atoms with Crippen LogP contribution < -0.4 is 5.73 Å². The second-order valence-electron chi connectivity index (χ2n) is 11.5. The number of nitrogens with two attached hydrogens (primary N) is 1. The van der Waals surface area contributed by atoms with Crippen LogP contribution >= 0.6 is 0 Å². The predicted molar refractivity (Wildman–Crippen MR) is 136 cm³/mol. The third-order valence-corrected chi connectivity index (χ3v) is 12.5. The molecule has 2 saturated carbocycles. The van der Waals surface area contributed by atoms with Crippen molar-refractivity contribution in [2.75, 3.05) is 7.05 Å². The van der Waals surface area contributed by atoms with Crippen molar-refractivity contribution in [2.45, 2.75) is 70.3 Å². The number of carbonyl (C=O) groups excluding carboxylic acids is 2. The Balaban J connectivity index is 1.44. The lowest BCUT2D eigenvalue weighted by atomic mass is 10.1. The van der Waals surface area contributed by atoms with Gasteiger partial charge in [0.15, 0.2) is 8.32 Å². The molecule has 2 unspecified atom stereocenters. The fourth-order valence-corrected chi connectivity index (χ4v) is 6.45. The Bertz CT molecular complexity index is 1070. The van der Waals surface area contributed by atoms with Crippen molar-refractivity contribution >= 4 is 20.1 Å². The maximum atomic E-state index is 13.4. The fraction of sp³-hybridized carbons (Fsp3) is 0.519. The van der Waals surface area contributed by atoms with Gasteiger partial charge in [0.2, 0.25) is 5.91 Å². The highest BCUT2D eigenvalue weighted by atomic mass is 28.4. The molecule has 7 heteroatoms.